The molecule has 3 heteroatoms. The van der Waals surface area contributed by atoms with E-state index in [1.807, 2.05) is 13.0 Å². The summed E-state index contributed by atoms with van der Waals surface area (Å²) >= 11 is 0. The van der Waals surface area contributed by atoms with Gasteiger partial charge < -0.3 is 5.32 Å². The van der Waals surface area contributed by atoms with E-state index >= 15 is 0 Å². The number of anilines is 1. The molecule has 0 aliphatic rings. The third kappa shape index (κ3) is 2.73. The van der Waals surface area contributed by atoms with Crippen LogP contribution >= 0.6 is 0 Å². The van der Waals surface area contributed by atoms with E-state index in [1.165, 1.54) is 0 Å². The molecule has 0 aliphatic carbocycles. The quantitative estimate of drug-likeness (QED) is 0.842. The highest BCUT2D eigenvalue weighted by molar-refractivity contribution is 5.54. The molecule has 0 unspecified atom stereocenters. The number of rotatable bonds is 4. The van der Waals surface area contributed by atoms with Crippen molar-refractivity contribution in [3.8, 4) is 6.07 Å². The lowest BCUT2D eigenvalue weighted by Gasteiger charge is -2.13. The lowest BCUT2D eigenvalue weighted by molar-refractivity contribution is 0.809. The van der Waals surface area contributed by atoms with E-state index in [0.29, 0.717) is 11.5 Å². The second-order valence-corrected chi connectivity index (χ2v) is 4.28. The molecule has 0 radical (unpaired) electrons. The number of hydrogen-bond donors (Lipinski definition) is 1. The van der Waals surface area contributed by atoms with Gasteiger partial charge in [0.25, 0.3) is 0 Å². The first kappa shape index (κ1) is 12.5. The largest absolute Gasteiger partial charge is 0.369 e. The van der Waals surface area contributed by atoms with Gasteiger partial charge in [-0.25, -0.2) is 4.98 Å². The molecule has 1 aromatic heterocycles. The van der Waals surface area contributed by atoms with Crippen LogP contribution in [0.25, 0.3) is 0 Å². The third-order valence-corrected chi connectivity index (χ3v) is 2.46. The van der Waals surface area contributed by atoms with Crippen LogP contribution in [0.1, 0.15) is 49.9 Å². The topological polar surface area (TPSA) is 48.7 Å². The first-order valence-electron chi connectivity index (χ1n) is 5.75. The Labute approximate surface area is 97.5 Å². The number of nitrogens with zero attached hydrogens (tertiary/aromatic N) is 2. The van der Waals surface area contributed by atoms with E-state index in [4.69, 9.17) is 5.26 Å². The number of pyridine rings is 1. The predicted molar refractivity (Wildman–Crippen MR) is 66.6 cm³/mol. The maximum atomic E-state index is 9.04. The van der Waals surface area contributed by atoms with Crippen LogP contribution < -0.4 is 5.32 Å². The number of nitriles is 1. The zero-order valence-electron chi connectivity index (χ0n) is 10.5. The number of aryl methyl sites for hydroxylation is 1. The summed E-state index contributed by atoms with van der Waals surface area (Å²) in [6, 6.07) is 4.10. The lowest BCUT2D eigenvalue weighted by atomic mass is 10.0. The fourth-order valence-electron chi connectivity index (χ4n) is 1.68. The second-order valence-electron chi connectivity index (χ2n) is 4.28. The first-order chi connectivity index (χ1) is 7.60. The number of hydrogen-bond acceptors (Lipinski definition) is 3. The second kappa shape index (κ2) is 5.50. The molecule has 0 aliphatic heterocycles. The zero-order valence-corrected chi connectivity index (χ0v) is 10.5. The van der Waals surface area contributed by atoms with Crippen LogP contribution in [0, 0.1) is 18.3 Å². The maximum Gasteiger partial charge on any atom is 0.144 e. The fourth-order valence-corrected chi connectivity index (χ4v) is 1.68. The number of aromatic nitrogens is 1. The van der Waals surface area contributed by atoms with Crippen molar-refractivity contribution in [3.63, 3.8) is 0 Å². The summed E-state index contributed by atoms with van der Waals surface area (Å²) in [5.74, 6) is 1.11. The molecule has 1 rings (SSSR count). The van der Waals surface area contributed by atoms with Gasteiger partial charge in [-0.3, -0.25) is 0 Å². The summed E-state index contributed by atoms with van der Waals surface area (Å²) in [6.07, 6.45) is 1.03. The SMILES string of the molecule is CCCNc1nc(C(C)C)c(C)cc1C#N. The molecule has 1 aromatic rings. The molecule has 0 saturated heterocycles. The summed E-state index contributed by atoms with van der Waals surface area (Å²) in [5.41, 5.74) is 2.79. The zero-order chi connectivity index (χ0) is 12.1. The molecular formula is C13H19N3. The van der Waals surface area contributed by atoms with E-state index < -0.39 is 0 Å². The normalized spacial score (nSPS) is 10.2. The molecule has 86 valence electrons. The highest BCUT2D eigenvalue weighted by Crippen LogP contribution is 2.22. The van der Waals surface area contributed by atoms with E-state index in [0.717, 1.165) is 30.0 Å². The van der Waals surface area contributed by atoms with Crippen molar-refractivity contribution in [2.45, 2.75) is 40.0 Å². The van der Waals surface area contributed by atoms with Crippen molar-refractivity contribution in [2.75, 3.05) is 11.9 Å². The molecule has 0 bridgehead atoms. The number of nitrogens with one attached hydrogen (secondary N) is 1. The molecule has 0 aromatic carbocycles. The Bertz CT molecular complexity index is 402. The summed E-state index contributed by atoms with van der Waals surface area (Å²) in [6.45, 7) is 9.18. The summed E-state index contributed by atoms with van der Waals surface area (Å²) < 4.78 is 0. The summed E-state index contributed by atoms with van der Waals surface area (Å²) in [7, 11) is 0. The van der Waals surface area contributed by atoms with Gasteiger partial charge >= 0.3 is 0 Å². The monoisotopic (exact) mass is 217 g/mol. The standard InChI is InChI=1S/C13H19N3/c1-5-6-15-13-11(8-14)7-10(4)12(16-13)9(2)3/h7,9H,5-6H2,1-4H3,(H,15,16). The lowest BCUT2D eigenvalue weighted by Crippen LogP contribution is -2.08. The third-order valence-electron chi connectivity index (χ3n) is 2.46. The van der Waals surface area contributed by atoms with Crippen LogP contribution in [0.3, 0.4) is 0 Å². The van der Waals surface area contributed by atoms with Crippen molar-refractivity contribution in [3.05, 3.63) is 22.9 Å². The minimum atomic E-state index is 0.384. The van der Waals surface area contributed by atoms with Crippen LogP contribution in [0.2, 0.25) is 0 Å². The Hall–Kier alpha value is -1.56. The molecular weight excluding hydrogens is 198 g/mol. The Balaban J connectivity index is 3.14. The predicted octanol–water partition coefficient (Wildman–Crippen LogP) is 3.21. The van der Waals surface area contributed by atoms with Gasteiger partial charge in [0.2, 0.25) is 0 Å². The van der Waals surface area contributed by atoms with Gasteiger partial charge in [-0.2, -0.15) is 5.26 Å². The molecule has 3 nitrogen and oxygen atoms in total. The molecule has 0 amide bonds. The summed E-state index contributed by atoms with van der Waals surface area (Å²) in [5, 5.41) is 12.2. The van der Waals surface area contributed by atoms with Crippen molar-refractivity contribution < 1.29 is 0 Å². The maximum absolute atomic E-state index is 9.04. The molecule has 16 heavy (non-hydrogen) atoms. The van der Waals surface area contributed by atoms with Gasteiger partial charge in [0, 0.05) is 12.2 Å². The average molecular weight is 217 g/mol. The van der Waals surface area contributed by atoms with Crippen molar-refractivity contribution in [2.24, 2.45) is 0 Å². The molecule has 0 fully saturated rings. The Kier molecular flexibility index (Phi) is 4.30. The molecule has 0 spiro atoms. The molecule has 0 saturated carbocycles. The van der Waals surface area contributed by atoms with E-state index in [9.17, 15) is 0 Å². The highest BCUT2D eigenvalue weighted by Gasteiger charge is 2.11. The first-order valence-corrected chi connectivity index (χ1v) is 5.75. The molecule has 1 N–H and O–H groups in total. The van der Waals surface area contributed by atoms with Gasteiger partial charge in [-0.15, -0.1) is 0 Å². The van der Waals surface area contributed by atoms with Crippen LogP contribution in [-0.2, 0) is 0 Å². The van der Waals surface area contributed by atoms with Crippen molar-refractivity contribution in [1.29, 1.82) is 5.26 Å². The minimum Gasteiger partial charge on any atom is -0.369 e. The van der Waals surface area contributed by atoms with Crippen LogP contribution in [0.5, 0.6) is 0 Å². The van der Waals surface area contributed by atoms with Crippen molar-refractivity contribution >= 4 is 5.82 Å². The smallest absolute Gasteiger partial charge is 0.144 e. The minimum absolute atomic E-state index is 0.384. The van der Waals surface area contributed by atoms with E-state index in [2.05, 4.69) is 37.1 Å². The van der Waals surface area contributed by atoms with Gasteiger partial charge in [-0.05, 0) is 30.9 Å². The Morgan fingerprint density at radius 2 is 2.19 bits per heavy atom. The molecule has 0 atom stereocenters. The van der Waals surface area contributed by atoms with Gasteiger partial charge in [0.1, 0.15) is 11.9 Å². The van der Waals surface area contributed by atoms with Gasteiger partial charge in [-0.1, -0.05) is 20.8 Å². The van der Waals surface area contributed by atoms with Crippen LogP contribution in [0.4, 0.5) is 5.82 Å². The van der Waals surface area contributed by atoms with E-state index in [-0.39, 0.29) is 0 Å². The average Bonchev–Trinajstić information content (AvgIpc) is 2.26. The Morgan fingerprint density at radius 1 is 1.50 bits per heavy atom. The Morgan fingerprint density at radius 3 is 2.69 bits per heavy atom. The van der Waals surface area contributed by atoms with Crippen LogP contribution in [-0.4, -0.2) is 11.5 Å². The highest BCUT2D eigenvalue weighted by atomic mass is 15.0. The molecule has 1 heterocycles. The van der Waals surface area contributed by atoms with Gasteiger partial charge in [0.05, 0.1) is 5.56 Å². The van der Waals surface area contributed by atoms with E-state index in [1.54, 1.807) is 0 Å². The summed E-state index contributed by atoms with van der Waals surface area (Å²) in [4.78, 5) is 4.55. The van der Waals surface area contributed by atoms with Crippen molar-refractivity contribution in [1.82, 2.24) is 4.98 Å². The van der Waals surface area contributed by atoms with Crippen LogP contribution in [0.15, 0.2) is 6.07 Å². The van der Waals surface area contributed by atoms with Gasteiger partial charge in [0.15, 0.2) is 0 Å². The fraction of sp³-hybridized carbons (Fsp3) is 0.538.